The molecule has 8 heteroatoms. The van der Waals surface area contributed by atoms with E-state index in [9.17, 15) is 18.0 Å². The van der Waals surface area contributed by atoms with E-state index in [4.69, 9.17) is 5.11 Å². The number of carbonyl (C=O) groups excluding carboxylic acids is 1. The van der Waals surface area contributed by atoms with Crippen LogP contribution in [0.5, 0.6) is 0 Å². The van der Waals surface area contributed by atoms with Gasteiger partial charge < -0.3 is 15.3 Å². The number of nitrogens with one attached hydrogen (secondary N) is 1. The number of carbonyl (C=O) groups is 2. The van der Waals surface area contributed by atoms with E-state index in [0.717, 1.165) is 10.3 Å². The van der Waals surface area contributed by atoms with E-state index >= 15 is 0 Å². The maximum atomic E-state index is 11.8. The summed E-state index contributed by atoms with van der Waals surface area (Å²) in [6.45, 7) is 2.77. The van der Waals surface area contributed by atoms with E-state index in [0.29, 0.717) is 0 Å². The highest BCUT2D eigenvalue weighted by atomic mass is 32.2. The van der Waals surface area contributed by atoms with Crippen LogP contribution < -0.4 is 5.32 Å². The molecule has 1 aliphatic heterocycles. The van der Waals surface area contributed by atoms with E-state index in [2.05, 4.69) is 5.32 Å². The fraction of sp³-hybridized carbons (Fsp3) is 0.600. The summed E-state index contributed by atoms with van der Waals surface area (Å²) in [5.41, 5.74) is -1.37. The Morgan fingerprint density at radius 3 is 2.39 bits per heavy atom. The van der Waals surface area contributed by atoms with Crippen LogP contribution in [-0.4, -0.2) is 54.8 Å². The normalized spacial score (nSPS) is 21.6. The highest BCUT2D eigenvalue weighted by Gasteiger charge is 2.36. The third-order valence-corrected chi connectivity index (χ3v) is 4.30. The minimum Gasteiger partial charge on any atom is -0.480 e. The second-order valence-electron chi connectivity index (χ2n) is 4.64. The summed E-state index contributed by atoms with van der Waals surface area (Å²) in [7, 11) is -1.90. The molecule has 2 N–H and O–H groups in total. The molecule has 7 nitrogen and oxygen atoms in total. The highest BCUT2D eigenvalue weighted by molar-refractivity contribution is 7.94. The first-order valence-corrected chi connectivity index (χ1v) is 6.96. The van der Waals surface area contributed by atoms with Crippen LogP contribution in [0.3, 0.4) is 0 Å². The van der Waals surface area contributed by atoms with Gasteiger partial charge in [0.25, 0.3) is 0 Å². The Morgan fingerprint density at radius 2 is 2.00 bits per heavy atom. The molecule has 102 valence electrons. The van der Waals surface area contributed by atoms with Gasteiger partial charge in [-0.15, -0.1) is 0 Å². The number of sulfone groups is 1. The molecular weight excluding hydrogens is 260 g/mol. The van der Waals surface area contributed by atoms with Gasteiger partial charge in [-0.25, -0.2) is 18.0 Å². The van der Waals surface area contributed by atoms with Gasteiger partial charge in [-0.3, -0.25) is 0 Å². The van der Waals surface area contributed by atoms with E-state index in [1.165, 1.54) is 27.0 Å². The second-order valence-corrected chi connectivity index (χ2v) is 6.57. The third kappa shape index (κ3) is 3.00. The molecule has 2 amide bonds. The zero-order valence-electron chi connectivity index (χ0n) is 10.4. The summed E-state index contributed by atoms with van der Waals surface area (Å²) < 4.78 is 22.3. The molecule has 0 radical (unpaired) electrons. The van der Waals surface area contributed by atoms with Gasteiger partial charge in [0, 0.05) is 12.5 Å². The summed E-state index contributed by atoms with van der Waals surface area (Å²) in [5, 5.41) is 12.5. The Hall–Kier alpha value is -1.57. The fourth-order valence-electron chi connectivity index (χ4n) is 1.32. The summed E-state index contributed by atoms with van der Waals surface area (Å²) in [6, 6.07) is -1.25. The number of urea groups is 1. The largest absolute Gasteiger partial charge is 0.480 e. The first kappa shape index (κ1) is 14.5. The molecule has 18 heavy (non-hydrogen) atoms. The smallest absolute Gasteiger partial charge is 0.329 e. The minimum absolute atomic E-state index is 0.194. The number of rotatable bonds is 3. The number of aliphatic carboxylic acids is 1. The molecule has 0 bridgehead atoms. The van der Waals surface area contributed by atoms with Gasteiger partial charge in [0.05, 0.1) is 11.8 Å². The number of amides is 2. The molecule has 0 aromatic heterocycles. The third-order valence-electron chi connectivity index (χ3n) is 2.91. The number of carboxylic acids is 1. The Kier molecular flexibility index (Phi) is 3.70. The van der Waals surface area contributed by atoms with Crippen molar-refractivity contribution in [2.24, 2.45) is 0 Å². The number of hydrogen-bond donors (Lipinski definition) is 2. The predicted octanol–water partition coefficient (Wildman–Crippen LogP) is -0.198. The molecule has 1 rings (SSSR count). The lowest BCUT2D eigenvalue weighted by molar-refractivity contribution is -0.146. The molecule has 0 saturated heterocycles. The predicted molar refractivity (Wildman–Crippen MR) is 64.7 cm³/mol. The molecular formula is C10H16N2O5S. The molecule has 1 aliphatic rings. The Balaban J connectivity index is 2.68. The van der Waals surface area contributed by atoms with Crippen molar-refractivity contribution in [3.8, 4) is 0 Å². The van der Waals surface area contributed by atoms with Crippen LogP contribution >= 0.6 is 0 Å². The van der Waals surface area contributed by atoms with Crippen LogP contribution in [0.1, 0.15) is 13.8 Å². The second kappa shape index (κ2) is 4.60. The molecule has 0 aliphatic carbocycles. The zero-order chi connectivity index (χ0) is 14.1. The lowest BCUT2D eigenvalue weighted by Gasteiger charge is -2.32. The van der Waals surface area contributed by atoms with Crippen molar-refractivity contribution in [2.75, 3.05) is 12.8 Å². The van der Waals surface area contributed by atoms with E-state index in [1.807, 2.05) is 0 Å². The van der Waals surface area contributed by atoms with Gasteiger partial charge in [-0.1, -0.05) is 0 Å². The van der Waals surface area contributed by atoms with Gasteiger partial charge >= 0.3 is 12.0 Å². The molecule has 1 unspecified atom stereocenters. The number of carboxylic acid groups (broad SMARTS) is 1. The zero-order valence-corrected chi connectivity index (χ0v) is 11.2. The summed E-state index contributed by atoms with van der Waals surface area (Å²) >= 11 is 0. The first-order valence-electron chi connectivity index (χ1n) is 5.25. The number of likely N-dealkylation sites (N-methyl/N-ethyl adjacent to an activating group) is 1. The quantitative estimate of drug-likeness (QED) is 0.743. The molecule has 0 aromatic rings. The molecule has 0 aromatic carbocycles. The summed E-state index contributed by atoms with van der Waals surface area (Å²) in [5.74, 6) is -1.34. The van der Waals surface area contributed by atoms with Crippen molar-refractivity contribution in [1.29, 1.82) is 0 Å². The van der Waals surface area contributed by atoms with E-state index in [1.54, 1.807) is 0 Å². The molecule has 0 fully saturated rings. The lowest BCUT2D eigenvalue weighted by atomic mass is 10.0. The minimum atomic E-state index is -3.25. The molecule has 0 saturated carbocycles. The van der Waals surface area contributed by atoms with Gasteiger partial charge in [-0.05, 0) is 19.9 Å². The van der Waals surface area contributed by atoms with Crippen LogP contribution in [0.25, 0.3) is 0 Å². The van der Waals surface area contributed by atoms with Gasteiger partial charge in [0.2, 0.25) is 0 Å². The lowest BCUT2D eigenvalue weighted by Crippen LogP contribution is -2.55. The van der Waals surface area contributed by atoms with Crippen molar-refractivity contribution in [2.45, 2.75) is 25.4 Å². The van der Waals surface area contributed by atoms with E-state index < -0.39 is 33.4 Å². The summed E-state index contributed by atoms with van der Waals surface area (Å²) in [6.07, 6.45) is 1.37. The Morgan fingerprint density at radius 1 is 1.44 bits per heavy atom. The van der Waals surface area contributed by atoms with Crippen molar-refractivity contribution in [1.82, 2.24) is 10.2 Å². The van der Waals surface area contributed by atoms with Crippen molar-refractivity contribution in [3.05, 3.63) is 11.5 Å². The van der Waals surface area contributed by atoms with Crippen molar-refractivity contribution in [3.63, 3.8) is 0 Å². The van der Waals surface area contributed by atoms with Crippen molar-refractivity contribution < 1.29 is 23.1 Å². The maximum Gasteiger partial charge on any atom is 0.329 e. The number of nitrogens with zero attached hydrogens (tertiary/aromatic N) is 1. The van der Waals surface area contributed by atoms with Gasteiger partial charge in [-0.2, -0.15) is 0 Å². The number of hydrogen-bond acceptors (Lipinski definition) is 4. The maximum absolute atomic E-state index is 11.8. The monoisotopic (exact) mass is 276 g/mol. The van der Waals surface area contributed by atoms with Crippen LogP contribution in [-0.2, 0) is 14.6 Å². The van der Waals surface area contributed by atoms with E-state index in [-0.39, 0.29) is 5.75 Å². The average Bonchev–Trinajstić information content (AvgIpc) is 2.56. The van der Waals surface area contributed by atoms with Crippen LogP contribution in [0.15, 0.2) is 11.5 Å². The first-order chi connectivity index (χ1) is 8.06. The molecule has 1 heterocycles. The standard InChI is InChI=1S/C10H16N2O5S/c1-10(2,8(13)14)12(3)9(15)11-7-4-5-18(16,17)6-7/h4-5,7H,6H2,1-3H3,(H,11,15)(H,13,14). The molecule has 0 spiro atoms. The topological polar surface area (TPSA) is 104 Å². The SMILES string of the molecule is CN(C(=O)NC1C=CS(=O)(=O)C1)C(C)(C)C(=O)O. The van der Waals surface area contributed by atoms with Gasteiger partial charge in [0.15, 0.2) is 9.84 Å². The van der Waals surface area contributed by atoms with Crippen LogP contribution in [0.4, 0.5) is 4.79 Å². The highest BCUT2D eigenvalue weighted by Crippen LogP contribution is 2.14. The van der Waals surface area contributed by atoms with Gasteiger partial charge in [0.1, 0.15) is 5.54 Å². The average molecular weight is 276 g/mol. The summed E-state index contributed by atoms with van der Waals surface area (Å²) in [4.78, 5) is 23.8. The fourth-order valence-corrected chi connectivity index (χ4v) is 2.55. The molecule has 1 atom stereocenters. The van der Waals surface area contributed by atoms with Crippen LogP contribution in [0, 0.1) is 0 Å². The Bertz CT molecular complexity index is 494. The Labute approximate surface area is 105 Å². The van der Waals surface area contributed by atoms with Crippen molar-refractivity contribution >= 4 is 21.8 Å². The van der Waals surface area contributed by atoms with Crippen LogP contribution in [0.2, 0.25) is 0 Å².